The first kappa shape index (κ1) is 12.0. The minimum absolute atomic E-state index is 1.31. The Hall–Kier alpha value is -0.0400. The minimum Gasteiger partial charge on any atom is -0.303 e. The molecule has 1 heteroatoms. The van der Waals surface area contributed by atoms with E-state index in [2.05, 4.69) is 18.2 Å². The van der Waals surface area contributed by atoms with E-state index in [1.54, 1.807) is 0 Å². The minimum atomic E-state index is 1.31. The summed E-state index contributed by atoms with van der Waals surface area (Å²) in [4.78, 5) is 2.62. The molecule has 0 amide bonds. The van der Waals surface area contributed by atoms with Crippen LogP contribution in [0.15, 0.2) is 0 Å². The molecule has 0 aromatic heterocycles. The van der Waals surface area contributed by atoms with Gasteiger partial charge >= 0.3 is 0 Å². The highest BCUT2D eigenvalue weighted by Gasteiger charge is 2.08. The molecule has 0 spiro atoms. The molecule has 83 valence electrons. The molecule has 1 saturated heterocycles. The lowest BCUT2D eigenvalue weighted by molar-refractivity contribution is 0.248. The third-order valence-corrected chi connectivity index (χ3v) is 3.13. The molecule has 0 atom stereocenters. The SMILES string of the molecule is CCCCCCCCN1CC[CH]CC1. The molecule has 0 N–H and O–H groups in total. The Labute approximate surface area is 89.9 Å². The van der Waals surface area contributed by atoms with Gasteiger partial charge in [-0.2, -0.15) is 0 Å². The van der Waals surface area contributed by atoms with Crippen LogP contribution in [0.4, 0.5) is 0 Å². The van der Waals surface area contributed by atoms with Crippen molar-refractivity contribution in [2.45, 2.75) is 58.3 Å². The highest BCUT2D eigenvalue weighted by Crippen LogP contribution is 2.10. The molecule has 0 unspecified atom stereocenters. The van der Waals surface area contributed by atoms with Crippen molar-refractivity contribution >= 4 is 0 Å². The van der Waals surface area contributed by atoms with Gasteiger partial charge in [-0.05, 0) is 45.3 Å². The fourth-order valence-electron chi connectivity index (χ4n) is 2.14. The molecule has 0 aliphatic carbocycles. The number of likely N-dealkylation sites (tertiary alicyclic amines) is 1. The quantitative estimate of drug-likeness (QED) is 0.562. The van der Waals surface area contributed by atoms with E-state index in [0.29, 0.717) is 0 Å². The van der Waals surface area contributed by atoms with Crippen molar-refractivity contribution < 1.29 is 0 Å². The van der Waals surface area contributed by atoms with Gasteiger partial charge in [0.05, 0.1) is 0 Å². The van der Waals surface area contributed by atoms with Crippen LogP contribution in [0.3, 0.4) is 0 Å². The van der Waals surface area contributed by atoms with Crippen LogP contribution >= 0.6 is 0 Å². The summed E-state index contributed by atoms with van der Waals surface area (Å²) >= 11 is 0. The molecule has 0 aromatic rings. The van der Waals surface area contributed by atoms with E-state index in [1.807, 2.05) is 0 Å². The zero-order valence-corrected chi connectivity index (χ0v) is 9.80. The summed E-state index contributed by atoms with van der Waals surface area (Å²) in [6.07, 6.45) is 13.6. The highest BCUT2D eigenvalue weighted by atomic mass is 15.1. The zero-order chi connectivity index (χ0) is 10.1. The first-order chi connectivity index (χ1) is 6.93. The zero-order valence-electron chi connectivity index (χ0n) is 9.80. The van der Waals surface area contributed by atoms with Crippen molar-refractivity contribution in [3.8, 4) is 0 Å². The van der Waals surface area contributed by atoms with Gasteiger partial charge in [0.2, 0.25) is 0 Å². The summed E-state index contributed by atoms with van der Waals surface area (Å²) in [5, 5.41) is 0. The maximum atomic E-state index is 2.62. The van der Waals surface area contributed by atoms with Crippen LogP contribution in [0.1, 0.15) is 58.3 Å². The van der Waals surface area contributed by atoms with Crippen LogP contribution in [-0.2, 0) is 0 Å². The average Bonchev–Trinajstić information content (AvgIpc) is 2.25. The number of piperidine rings is 1. The van der Waals surface area contributed by atoms with E-state index in [9.17, 15) is 0 Å². The average molecular weight is 196 g/mol. The van der Waals surface area contributed by atoms with E-state index in [-0.39, 0.29) is 0 Å². The summed E-state index contributed by atoms with van der Waals surface area (Å²) in [5.74, 6) is 0. The maximum absolute atomic E-state index is 2.62. The summed E-state index contributed by atoms with van der Waals surface area (Å²) in [7, 11) is 0. The third kappa shape index (κ3) is 5.64. The Morgan fingerprint density at radius 1 is 0.929 bits per heavy atom. The second kappa shape index (κ2) is 8.28. The van der Waals surface area contributed by atoms with Crippen molar-refractivity contribution in [1.82, 2.24) is 4.90 Å². The molecular weight excluding hydrogens is 170 g/mol. The molecule has 1 aliphatic heterocycles. The lowest BCUT2D eigenvalue weighted by Crippen LogP contribution is -2.30. The Bertz CT molecular complexity index is 116. The fraction of sp³-hybridized carbons (Fsp3) is 0.923. The Kier molecular flexibility index (Phi) is 7.12. The van der Waals surface area contributed by atoms with Crippen molar-refractivity contribution in [2.75, 3.05) is 19.6 Å². The first-order valence-electron chi connectivity index (χ1n) is 6.47. The summed E-state index contributed by atoms with van der Waals surface area (Å²) in [5.41, 5.74) is 0. The standard InChI is InChI=1S/C13H26N/c1-2-3-4-5-6-8-11-14-12-9-7-10-13-14/h7H,2-6,8-13H2,1H3. The van der Waals surface area contributed by atoms with E-state index in [0.717, 1.165) is 0 Å². The lowest BCUT2D eigenvalue weighted by Gasteiger charge is -2.26. The van der Waals surface area contributed by atoms with E-state index in [1.165, 1.54) is 71.0 Å². The Balaban J connectivity index is 1.82. The predicted octanol–water partition coefficient (Wildman–Crippen LogP) is 3.65. The number of nitrogens with zero attached hydrogens (tertiary/aromatic N) is 1. The smallest absolute Gasteiger partial charge is 0.00160 e. The van der Waals surface area contributed by atoms with Gasteiger partial charge in [-0.3, -0.25) is 0 Å². The van der Waals surface area contributed by atoms with Crippen LogP contribution in [0, 0.1) is 6.42 Å². The lowest BCUT2D eigenvalue weighted by atomic mass is 10.1. The monoisotopic (exact) mass is 196 g/mol. The molecule has 0 saturated carbocycles. The summed E-state index contributed by atoms with van der Waals surface area (Å²) in [6, 6.07) is 0. The molecule has 1 fully saturated rings. The van der Waals surface area contributed by atoms with Gasteiger partial charge in [0.15, 0.2) is 0 Å². The van der Waals surface area contributed by atoms with Gasteiger partial charge in [0.1, 0.15) is 0 Å². The second-order valence-electron chi connectivity index (χ2n) is 4.48. The van der Waals surface area contributed by atoms with Gasteiger partial charge in [0.25, 0.3) is 0 Å². The molecular formula is C13H26N. The van der Waals surface area contributed by atoms with E-state index >= 15 is 0 Å². The Morgan fingerprint density at radius 2 is 1.57 bits per heavy atom. The number of unbranched alkanes of at least 4 members (excludes halogenated alkanes) is 5. The topological polar surface area (TPSA) is 3.24 Å². The van der Waals surface area contributed by atoms with Crippen LogP contribution in [-0.4, -0.2) is 24.5 Å². The van der Waals surface area contributed by atoms with Crippen molar-refractivity contribution in [3.63, 3.8) is 0 Å². The largest absolute Gasteiger partial charge is 0.303 e. The van der Waals surface area contributed by atoms with Crippen LogP contribution in [0.5, 0.6) is 0 Å². The normalized spacial score (nSPS) is 18.6. The van der Waals surface area contributed by atoms with Gasteiger partial charge < -0.3 is 4.90 Å². The first-order valence-corrected chi connectivity index (χ1v) is 6.47. The molecule has 1 heterocycles. The van der Waals surface area contributed by atoms with Gasteiger partial charge in [-0.25, -0.2) is 0 Å². The van der Waals surface area contributed by atoms with Gasteiger partial charge in [0, 0.05) is 0 Å². The molecule has 1 rings (SSSR count). The molecule has 0 bridgehead atoms. The van der Waals surface area contributed by atoms with Gasteiger partial charge in [-0.1, -0.05) is 39.0 Å². The molecule has 1 radical (unpaired) electrons. The maximum Gasteiger partial charge on any atom is -0.00160 e. The summed E-state index contributed by atoms with van der Waals surface area (Å²) in [6.45, 7) is 6.26. The van der Waals surface area contributed by atoms with Crippen LogP contribution < -0.4 is 0 Å². The van der Waals surface area contributed by atoms with Crippen LogP contribution in [0.2, 0.25) is 0 Å². The second-order valence-corrected chi connectivity index (χ2v) is 4.48. The number of hydrogen-bond acceptors (Lipinski definition) is 1. The molecule has 1 aliphatic rings. The van der Waals surface area contributed by atoms with Crippen molar-refractivity contribution in [2.24, 2.45) is 0 Å². The number of hydrogen-bond donors (Lipinski definition) is 0. The molecule has 14 heavy (non-hydrogen) atoms. The fourth-order valence-corrected chi connectivity index (χ4v) is 2.14. The van der Waals surface area contributed by atoms with Crippen molar-refractivity contribution in [3.05, 3.63) is 6.42 Å². The van der Waals surface area contributed by atoms with E-state index in [4.69, 9.17) is 0 Å². The Morgan fingerprint density at radius 3 is 2.29 bits per heavy atom. The van der Waals surface area contributed by atoms with Gasteiger partial charge in [-0.15, -0.1) is 0 Å². The number of rotatable bonds is 7. The van der Waals surface area contributed by atoms with Crippen molar-refractivity contribution in [1.29, 1.82) is 0 Å². The molecule has 0 aromatic carbocycles. The summed E-state index contributed by atoms with van der Waals surface area (Å²) < 4.78 is 0. The predicted molar refractivity (Wildman–Crippen MR) is 63.4 cm³/mol. The highest BCUT2D eigenvalue weighted by molar-refractivity contribution is 4.76. The molecule has 1 nitrogen and oxygen atoms in total. The third-order valence-electron chi connectivity index (χ3n) is 3.13. The van der Waals surface area contributed by atoms with E-state index < -0.39 is 0 Å². The van der Waals surface area contributed by atoms with Crippen LogP contribution in [0.25, 0.3) is 0 Å².